The van der Waals surface area contributed by atoms with Crippen molar-refractivity contribution < 1.29 is 19.1 Å². The number of hydrogen-bond acceptors (Lipinski definition) is 5. The zero-order valence-electron chi connectivity index (χ0n) is 17.0. The van der Waals surface area contributed by atoms with Gasteiger partial charge in [-0.3, -0.25) is 0 Å². The summed E-state index contributed by atoms with van der Waals surface area (Å²) in [7, 11) is 4.65. The molecule has 2 aliphatic rings. The van der Waals surface area contributed by atoms with Gasteiger partial charge in [0.15, 0.2) is 0 Å². The van der Waals surface area contributed by atoms with Crippen molar-refractivity contribution in [2.24, 2.45) is 11.8 Å². The molecule has 5 unspecified atom stereocenters. The average molecular weight is 421 g/mol. The molecule has 2 fully saturated rings. The number of aliphatic hydroxyl groups is 1. The fourth-order valence-corrected chi connectivity index (χ4v) is 7.53. The van der Waals surface area contributed by atoms with Gasteiger partial charge in [0.2, 0.25) is 5.60 Å². The van der Waals surface area contributed by atoms with Crippen molar-refractivity contribution in [1.29, 1.82) is 0 Å². The Morgan fingerprint density at radius 2 is 1.75 bits per heavy atom. The number of piperidine rings is 1. The number of nitrogens with zero attached hydrogens (tertiary/aromatic N) is 1. The Morgan fingerprint density at radius 1 is 1.18 bits per heavy atom. The highest BCUT2D eigenvalue weighted by Crippen LogP contribution is 2.49. The Kier molecular flexibility index (Phi) is 5.19. The summed E-state index contributed by atoms with van der Waals surface area (Å²) >= 11 is 2.78. The van der Waals surface area contributed by atoms with Crippen LogP contribution in [0.3, 0.4) is 0 Å². The lowest BCUT2D eigenvalue weighted by atomic mass is 9.88. The summed E-state index contributed by atoms with van der Waals surface area (Å²) in [6, 6.07) is 8.35. The van der Waals surface area contributed by atoms with Gasteiger partial charge in [-0.2, -0.15) is 0 Å². The summed E-state index contributed by atoms with van der Waals surface area (Å²) in [5.74, 6) is 0.758. The van der Waals surface area contributed by atoms with Gasteiger partial charge in [0.1, 0.15) is 6.10 Å². The molecular formula is C22H30NO3S2+. The van der Waals surface area contributed by atoms with Gasteiger partial charge in [0.05, 0.1) is 35.9 Å². The van der Waals surface area contributed by atoms with E-state index in [1.54, 1.807) is 0 Å². The third-order valence-corrected chi connectivity index (χ3v) is 9.25. The van der Waals surface area contributed by atoms with Crippen LogP contribution < -0.4 is 0 Å². The van der Waals surface area contributed by atoms with Crippen LogP contribution in [0.4, 0.5) is 0 Å². The van der Waals surface area contributed by atoms with Gasteiger partial charge in [-0.15, -0.1) is 22.7 Å². The summed E-state index contributed by atoms with van der Waals surface area (Å²) < 4.78 is 7.06. The number of carbonyl (C=O) groups excluding carboxylic acids is 1. The van der Waals surface area contributed by atoms with E-state index in [1.807, 2.05) is 35.0 Å². The molecule has 2 saturated heterocycles. The summed E-state index contributed by atoms with van der Waals surface area (Å²) in [6.45, 7) is 4.63. The predicted molar refractivity (Wildman–Crippen MR) is 113 cm³/mol. The zero-order valence-corrected chi connectivity index (χ0v) is 18.6. The number of carbonyl (C=O) groups is 1. The molecule has 0 saturated carbocycles. The average Bonchev–Trinajstić information content (AvgIpc) is 3.38. The molecule has 2 aromatic rings. The summed E-state index contributed by atoms with van der Waals surface area (Å²) in [6.07, 6.45) is 2.79. The lowest BCUT2D eigenvalue weighted by Crippen LogP contribution is -2.58. The first-order valence-electron chi connectivity index (χ1n) is 10.1. The second kappa shape index (κ2) is 7.24. The molecule has 6 heteroatoms. The largest absolute Gasteiger partial charge is 0.459 e. The molecule has 0 aromatic carbocycles. The minimum atomic E-state index is -1.71. The van der Waals surface area contributed by atoms with Gasteiger partial charge in [0, 0.05) is 24.7 Å². The first-order chi connectivity index (χ1) is 13.3. The molecule has 4 nitrogen and oxygen atoms in total. The molecule has 4 rings (SSSR count). The summed E-state index contributed by atoms with van der Waals surface area (Å²) in [4.78, 5) is 14.5. The molecule has 0 spiro atoms. The number of esters is 1. The van der Waals surface area contributed by atoms with Gasteiger partial charge in [-0.1, -0.05) is 26.0 Å². The van der Waals surface area contributed by atoms with Crippen LogP contribution in [0.25, 0.3) is 0 Å². The fraction of sp³-hybridized carbons (Fsp3) is 0.591. The predicted octanol–water partition coefficient (Wildman–Crippen LogP) is 4.24. The van der Waals surface area contributed by atoms with E-state index in [0.717, 1.165) is 17.3 Å². The quantitative estimate of drug-likeness (QED) is 0.581. The van der Waals surface area contributed by atoms with Gasteiger partial charge >= 0.3 is 5.97 Å². The molecule has 152 valence electrons. The van der Waals surface area contributed by atoms with Gasteiger partial charge in [-0.25, -0.2) is 4.79 Å². The molecular weight excluding hydrogens is 390 g/mol. The number of thiophene rings is 2. The summed E-state index contributed by atoms with van der Waals surface area (Å²) in [5.41, 5.74) is -1.71. The van der Waals surface area contributed by atoms with E-state index < -0.39 is 11.6 Å². The summed E-state index contributed by atoms with van der Waals surface area (Å²) in [5, 5.41) is 15.2. The SMILES string of the molecule is CCC1C(C)C2CC(OC(=O)C(O)(c3cccs3)c3cccs3)CC1[N+]2(C)C. The van der Waals surface area contributed by atoms with Gasteiger partial charge < -0.3 is 14.3 Å². The second-order valence-corrected chi connectivity index (χ2v) is 10.8. The van der Waals surface area contributed by atoms with Crippen molar-refractivity contribution >= 4 is 28.6 Å². The van der Waals surface area contributed by atoms with Crippen LogP contribution in [-0.4, -0.2) is 47.8 Å². The second-order valence-electron chi connectivity index (χ2n) is 8.86. The van der Waals surface area contributed by atoms with E-state index in [-0.39, 0.29) is 6.10 Å². The Labute approximate surface area is 175 Å². The van der Waals surface area contributed by atoms with E-state index in [4.69, 9.17) is 4.74 Å². The topological polar surface area (TPSA) is 46.5 Å². The van der Waals surface area contributed by atoms with E-state index >= 15 is 0 Å². The normalized spacial score (nSPS) is 31.7. The molecule has 1 N–H and O–H groups in total. The monoisotopic (exact) mass is 420 g/mol. The number of quaternary nitrogens is 1. The highest BCUT2D eigenvalue weighted by Gasteiger charge is 2.59. The number of hydrogen-bond donors (Lipinski definition) is 1. The van der Waals surface area contributed by atoms with Crippen LogP contribution in [0.15, 0.2) is 35.0 Å². The van der Waals surface area contributed by atoms with E-state index in [2.05, 4.69) is 27.9 Å². The molecule has 0 amide bonds. The van der Waals surface area contributed by atoms with Crippen molar-refractivity contribution in [3.63, 3.8) is 0 Å². The van der Waals surface area contributed by atoms with Crippen LogP contribution in [-0.2, 0) is 15.1 Å². The van der Waals surface area contributed by atoms with Crippen molar-refractivity contribution in [1.82, 2.24) is 0 Å². The Hall–Kier alpha value is -1.21. The van der Waals surface area contributed by atoms with E-state index in [0.29, 0.717) is 33.7 Å². The molecule has 28 heavy (non-hydrogen) atoms. The minimum Gasteiger partial charge on any atom is -0.459 e. The number of rotatable bonds is 5. The van der Waals surface area contributed by atoms with Crippen LogP contribution >= 0.6 is 22.7 Å². The van der Waals surface area contributed by atoms with Gasteiger partial charge in [0.25, 0.3) is 0 Å². The minimum absolute atomic E-state index is 0.126. The molecule has 0 radical (unpaired) electrons. The third-order valence-electron chi connectivity index (χ3n) is 7.29. The zero-order chi connectivity index (χ0) is 20.1. The molecule has 2 bridgehead atoms. The lowest BCUT2D eigenvalue weighted by Gasteiger charge is -2.45. The third kappa shape index (κ3) is 2.96. The van der Waals surface area contributed by atoms with Crippen LogP contribution in [0.2, 0.25) is 0 Å². The first-order valence-corrected chi connectivity index (χ1v) is 11.9. The fourth-order valence-electron chi connectivity index (χ4n) is 5.82. The Bertz CT molecular complexity index is 781. The molecule has 0 aliphatic carbocycles. The molecule has 2 aliphatic heterocycles. The van der Waals surface area contributed by atoms with Crippen LogP contribution in [0.1, 0.15) is 42.9 Å². The lowest BCUT2D eigenvalue weighted by molar-refractivity contribution is -0.934. The van der Waals surface area contributed by atoms with Crippen molar-refractivity contribution in [3.8, 4) is 0 Å². The Morgan fingerprint density at radius 3 is 2.25 bits per heavy atom. The standard InChI is InChI=1S/C22H30NO3S2/c1-5-16-14(2)17-12-15(13-18(16)23(17,3)4)26-21(24)22(25,19-8-6-10-27-19)20-9-7-11-28-20/h6-11,14-18,25H,5,12-13H2,1-4H3/q+1. The molecule has 4 heterocycles. The van der Waals surface area contributed by atoms with Crippen molar-refractivity contribution in [3.05, 3.63) is 44.8 Å². The van der Waals surface area contributed by atoms with Crippen LogP contribution in [0.5, 0.6) is 0 Å². The highest BCUT2D eigenvalue weighted by molar-refractivity contribution is 7.12. The van der Waals surface area contributed by atoms with Crippen molar-refractivity contribution in [2.45, 2.75) is 56.9 Å². The number of ether oxygens (including phenoxy) is 1. The molecule has 2 aromatic heterocycles. The maximum absolute atomic E-state index is 13.3. The number of fused-ring (bicyclic) bond motifs is 2. The maximum atomic E-state index is 13.3. The maximum Gasteiger partial charge on any atom is 0.349 e. The smallest absolute Gasteiger partial charge is 0.349 e. The van der Waals surface area contributed by atoms with Gasteiger partial charge in [-0.05, 0) is 29.3 Å². The van der Waals surface area contributed by atoms with Crippen molar-refractivity contribution in [2.75, 3.05) is 14.1 Å². The first kappa shape index (κ1) is 20.1. The van der Waals surface area contributed by atoms with E-state index in [9.17, 15) is 9.90 Å². The van der Waals surface area contributed by atoms with E-state index in [1.165, 1.54) is 29.1 Å². The van der Waals surface area contributed by atoms with Crippen LogP contribution in [0, 0.1) is 11.8 Å². The molecule has 5 atom stereocenters. The Balaban J connectivity index is 1.58. The highest BCUT2D eigenvalue weighted by atomic mass is 32.1.